The zero-order valence-electron chi connectivity index (χ0n) is 9.76. The maximum absolute atomic E-state index is 11.9. The molecule has 96 valence electrons. The molecule has 6 heteroatoms. The average molecular weight is 250 g/mol. The summed E-state index contributed by atoms with van der Waals surface area (Å²) in [7, 11) is 0. The SMILES string of the molecule is O=C(O)c1cnccc1C(=O)NCC1CCCO1. The Morgan fingerprint density at radius 2 is 2.33 bits per heavy atom. The Morgan fingerprint density at radius 1 is 1.50 bits per heavy atom. The second-order valence-corrected chi connectivity index (χ2v) is 4.07. The first-order chi connectivity index (χ1) is 8.68. The summed E-state index contributed by atoms with van der Waals surface area (Å²) in [6.45, 7) is 1.12. The van der Waals surface area contributed by atoms with Gasteiger partial charge >= 0.3 is 5.97 Å². The topological polar surface area (TPSA) is 88.5 Å². The van der Waals surface area contributed by atoms with Gasteiger partial charge in [0, 0.05) is 25.5 Å². The molecule has 1 aliphatic heterocycles. The summed E-state index contributed by atoms with van der Waals surface area (Å²) in [5.41, 5.74) is 0.0258. The second kappa shape index (κ2) is 5.59. The van der Waals surface area contributed by atoms with Gasteiger partial charge in [-0.05, 0) is 18.9 Å². The van der Waals surface area contributed by atoms with E-state index in [0.717, 1.165) is 19.4 Å². The summed E-state index contributed by atoms with van der Waals surface area (Å²) in [6.07, 6.45) is 4.51. The Labute approximate surface area is 104 Å². The van der Waals surface area contributed by atoms with Crippen molar-refractivity contribution in [1.82, 2.24) is 10.3 Å². The number of aromatic carboxylic acids is 1. The van der Waals surface area contributed by atoms with Gasteiger partial charge in [0.25, 0.3) is 5.91 Å². The number of carboxylic acids is 1. The maximum Gasteiger partial charge on any atom is 0.338 e. The molecule has 1 aliphatic rings. The molecule has 1 unspecified atom stereocenters. The highest BCUT2D eigenvalue weighted by Crippen LogP contribution is 2.11. The molecule has 1 saturated heterocycles. The Balaban J connectivity index is 2.01. The van der Waals surface area contributed by atoms with Crippen LogP contribution in [-0.2, 0) is 4.74 Å². The molecule has 18 heavy (non-hydrogen) atoms. The van der Waals surface area contributed by atoms with E-state index in [9.17, 15) is 9.59 Å². The number of amides is 1. The molecule has 0 saturated carbocycles. The van der Waals surface area contributed by atoms with Crippen molar-refractivity contribution in [3.05, 3.63) is 29.6 Å². The van der Waals surface area contributed by atoms with Gasteiger partial charge in [-0.25, -0.2) is 4.79 Å². The highest BCUT2D eigenvalue weighted by atomic mass is 16.5. The molecule has 0 spiro atoms. The molecule has 2 N–H and O–H groups in total. The van der Waals surface area contributed by atoms with E-state index < -0.39 is 11.9 Å². The van der Waals surface area contributed by atoms with Crippen LogP contribution in [-0.4, -0.2) is 41.2 Å². The number of carbonyl (C=O) groups excluding carboxylic acids is 1. The van der Waals surface area contributed by atoms with Crippen LogP contribution in [0.1, 0.15) is 33.6 Å². The molecule has 1 aromatic rings. The van der Waals surface area contributed by atoms with E-state index in [1.165, 1.54) is 18.5 Å². The van der Waals surface area contributed by atoms with Crippen LogP contribution in [0, 0.1) is 0 Å². The number of carboxylic acid groups (broad SMARTS) is 1. The Bertz CT molecular complexity index is 455. The van der Waals surface area contributed by atoms with Gasteiger partial charge < -0.3 is 15.2 Å². The minimum atomic E-state index is -1.16. The van der Waals surface area contributed by atoms with Crippen molar-refractivity contribution >= 4 is 11.9 Å². The van der Waals surface area contributed by atoms with Gasteiger partial charge in [0.05, 0.1) is 17.2 Å². The van der Waals surface area contributed by atoms with Crippen LogP contribution in [0.25, 0.3) is 0 Å². The quantitative estimate of drug-likeness (QED) is 0.820. The first-order valence-corrected chi connectivity index (χ1v) is 5.75. The van der Waals surface area contributed by atoms with E-state index in [-0.39, 0.29) is 17.2 Å². The summed E-state index contributed by atoms with van der Waals surface area (Å²) in [4.78, 5) is 26.5. The number of hydrogen-bond donors (Lipinski definition) is 2. The number of hydrogen-bond acceptors (Lipinski definition) is 4. The normalized spacial score (nSPS) is 18.6. The summed E-state index contributed by atoms with van der Waals surface area (Å²) in [5, 5.41) is 11.6. The maximum atomic E-state index is 11.9. The lowest BCUT2D eigenvalue weighted by molar-refractivity contribution is 0.0689. The van der Waals surface area contributed by atoms with E-state index in [1.807, 2.05) is 0 Å². The van der Waals surface area contributed by atoms with Crippen molar-refractivity contribution in [2.45, 2.75) is 18.9 Å². The molecule has 6 nitrogen and oxygen atoms in total. The van der Waals surface area contributed by atoms with Gasteiger partial charge in [0.1, 0.15) is 0 Å². The van der Waals surface area contributed by atoms with Gasteiger partial charge in [-0.2, -0.15) is 0 Å². The molecule has 2 rings (SSSR count). The van der Waals surface area contributed by atoms with Crippen LogP contribution in [0.4, 0.5) is 0 Å². The minimum Gasteiger partial charge on any atom is -0.478 e. The Hall–Kier alpha value is -1.95. The monoisotopic (exact) mass is 250 g/mol. The van der Waals surface area contributed by atoms with E-state index in [0.29, 0.717) is 6.54 Å². The zero-order chi connectivity index (χ0) is 13.0. The number of carbonyl (C=O) groups is 2. The number of aromatic nitrogens is 1. The van der Waals surface area contributed by atoms with Crippen molar-refractivity contribution in [3.63, 3.8) is 0 Å². The van der Waals surface area contributed by atoms with Gasteiger partial charge in [-0.1, -0.05) is 0 Å². The third-order valence-corrected chi connectivity index (χ3v) is 2.81. The number of nitrogens with zero attached hydrogens (tertiary/aromatic N) is 1. The minimum absolute atomic E-state index is 0.0315. The van der Waals surface area contributed by atoms with Crippen molar-refractivity contribution in [2.24, 2.45) is 0 Å². The highest BCUT2D eigenvalue weighted by Gasteiger charge is 2.19. The highest BCUT2D eigenvalue weighted by molar-refractivity contribution is 6.04. The van der Waals surface area contributed by atoms with Crippen molar-refractivity contribution in [2.75, 3.05) is 13.2 Å². The van der Waals surface area contributed by atoms with Crippen LogP contribution in [0.2, 0.25) is 0 Å². The lowest BCUT2D eigenvalue weighted by Crippen LogP contribution is -2.32. The van der Waals surface area contributed by atoms with Crippen molar-refractivity contribution < 1.29 is 19.4 Å². The molecule has 0 bridgehead atoms. The van der Waals surface area contributed by atoms with Crippen LogP contribution < -0.4 is 5.32 Å². The van der Waals surface area contributed by atoms with Crippen molar-refractivity contribution in [3.8, 4) is 0 Å². The Kier molecular flexibility index (Phi) is 3.88. The third kappa shape index (κ3) is 2.84. The summed E-state index contributed by atoms with van der Waals surface area (Å²) in [5.74, 6) is -1.57. The summed E-state index contributed by atoms with van der Waals surface area (Å²) < 4.78 is 5.37. The van der Waals surface area contributed by atoms with Crippen LogP contribution in [0.15, 0.2) is 18.5 Å². The predicted molar refractivity (Wildman–Crippen MR) is 62.5 cm³/mol. The molecule has 1 atom stereocenters. The first kappa shape index (κ1) is 12.5. The molecule has 0 radical (unpaired) electrons. The van der Waals surface area contributed by atoms with E-state index in [2.05, 4.69) is 10.3 Å². The second-order valence-electron chi connectivity index (χ2n) is 4.07. The lowest BCUT2D eigenvalue weighted by atomic mass is 10.1. The summed E-state index contributed by atoms with van der Waals surface area (Å²) in [6, 6.07) is 1.40. The standard InChI is InChI=1S/C12H14N2O4/c15-11(14-6-8-2-1-5-18-8)9-3-4-13-7-10(9)12(16)17/h3-4,7-8H,1-2,5-6H2,(H,14,15)(H,16,17). The van der Waals surface area contributed by atoms with Gasteiger partial charge in [0.2, 0.25) is 0 Å². The molecule has 1 amide bonds. The number of nitrogens with one attached hydrogen (secondary N) is 1. The molecular formula is C12H14N2O4. The first-order valence-electron chi connectivity index (χ1n) is 5.75. The van der Waals surface area contributed by atoms with E-state index in [1.54, 1.807) is 0 Å². The molecule has 1 aromatic heterocycles. The average Bonchev–Trinajstić information content (AvgIpc) is 2.89. The number of pyridine rings is 1. The number of rotatable bonds is 4. The van der Waals surface area contributed by atoms with Gasteiger partial charge in [-0.15, -0.1) is 0 Å². The van der Waals surface area contributed by atoms with Crippen LogP contribution in [0.3, 0.4) is 0 Å². The fourth-order valence-corrected chi connectivity index (χ4v) is 1.87. The molecule has 2 heterocycles. The van der Waals surface area contributed by atoms with E-state index >= 15 is 0 Å². The fourth-order valence-electron chi connectivity index (χ4n) is 1.87. The molecular weight excluding hydrogens is 236 g/mol. The molecule has 0 aromatic carbocycles. The van der Waals surface area contributed by atoms with Gasteiger partial charge in [-0.3, -0.25) is 9.78 Å². The molecule has 1 fully saturated rings. The third-order valence-electron chi connectivity index (χ3n) is 2.81. The van der Waals surface area contributed by atoms with Crippen molar-refractivity contribution in [1.29, 1.82) is 0 Å². The zero-order valence-corrected chi connectivity index (χ0v) is 9.76. The largest absolute Gasteiger partial charge is 0.478 e. The van der Waals surface area contributed by atoms with Crippen LogP contribution >= 0.6 is 0 Å². The molecule has 0 aliphatic carbocycles. The van der Waals surface area contributed by atoms with Crippen LogP contribution in [0.5, 0.6) is 0 Å². The summed E-state index contributed by atoms with van der Waals surface area (Å²) >= 11 is 0. The number of ether oxygens (including phenoxy) is 1. The predicted octanol–water partition coefficient (Wildman–Crippen LogP) is 0.689. The lowest BCUT2D eigenvalue weighted by Gasteiger charge is -2.11. The fraction of sp³-hybridized carbons (Fsp3) is 0.417. The smallest absolute Gasteiger partial charge is 0.338 e. The Morgan fingerprint density at radius 3 is 3.00 bits per heavy atom. The van der Waals surface area contributed by atoms with Gasteiger partial charge in [0.15, 0.2) is 0 Å². The van der Waals surface area contributed by atoms with E-state index in [4.69, 9.17) is 9.84 Å².